The van der Waals surface area contributed by atoms with Crippen LogP contribution >= 0.6 is 0 Å². The minimum absolute atomic E-state index is 0. The molecule has 0 fully saturated rings. The second-order valence-electron chi connectivity index (χ2n) is 8.82. The van der Waals surface area contributed by atoms with Crippen molar-refractivity contribution in [2.24, 2.45) is 0 Å². The molecule has 3 heteroatoms. The molecule has 2 aliphatic rings. The predicted octanol–water partition coefficient (Wildman–Crippen LogP) is 2.08. The summed E-state index contributed by atoms with van der Waals surface area (Å²) in [6.45, 7) is 4.65. The van der Waals surface area contributed by atoms with Gasteiger partial charge in [0.15, 0.2) is 0 Å². The van der Waals surface area contributed by atoms with Crippen molar-refractivity contribution in [2.45, 2.75) is 71.5 Å². The Morgan fingerprint density at radius 3 is 1.45 bits per heavy atom. The van der Waals surface area contributed by atoms with Gasteiger partial charge in [0.25, 0.3) is 0 Å². The van der Waals surface area contributed by atoms with E-state index in [0.29, 0.717) is 6.25 Å². The van der Waals surface area contributed by atoms with Crippen LogP contribution in [0.5, 0.6) is 0 Å². The van der Waals surface area contributed by atoms with Gasteiger partial charge in [-0.2, -0.15) is 0 Å². The Kier molecular flexibility index (Phi) is 10.3. The summed E-state index contributed by atoms with van der Waals surface area (Å²) in [6, 6.07) is 18.5. The molecular weight excluding hydrogens is 498 g/mol. The van der Waals surface area contributed by atoms with Crippen LogP contribution in [-0.4, -0.2) is 0 Å². The standard InChI is InChI=1S/2C14H17.2ClH.Zr/c2*1-2-3-4-7-12-10-11-13-8-5-6-9-14(12)13;;;/h2*5-6,8-11H,2-4,7H2,1H3;2*1H;/q;;;;+2/p-2. The van der Waals surface area contributed by atoms with Crippen molar-refractivity contribution in [1.29, 1.82) is 0 Å². The Bertz CT molecular complexity index is 830. The van der Waals surface area contributed by atoms with Gasteiger partial charge < -0.3 is 24.8 Å². The molecule has 0 radical (unpaired) electrons. The van der Waals surface area contributed by atoms with Crippen molar-refractivity contribution in [1.82, 2.24) is 0 Å². The van der Waals surface area contributed by atoms with Crippen molar-refractivity contribution >= 4 is 12.2 Å². The Hall–Kier alpha value is -0.617. The molecule has 0 aliphatic heterocycles. The van der Waals surface area contributed by atoms with Crippen LogP contribution in [0.2, 0.25) is 0 Å². The van der Waals surface area contributed by atoms with E-state index in [4.69, 9.17) is 0 Å². The van der Waals surface area contributed by atoms with Crippen molar-refractivity contribution < 1.29 is 48.0 Å². The van der Waals surface area contributed by atoms with Gasteiger partial charge >= 0.3 is 190 Å². The van der Waals surface area contributed by atoms with Gasteiger partial charge in [0.2, 0.25) is 0 Å². The number of allylic oxidation sites excluding steroid dienone is 2. The fourth-order valence-corrected chi connectivity index (χ4v) is 11.3. The van der Waals surface area contributed by atoms with Gasteiger partial charge in [-0.15, -0.1) is 0 Å². The van der Waals surface area contributed by atoms with E-state index in [0.717, 1.165) is 0 Å². The number of hydrogen-bond acceptors (Lipinski definition) is 0. The van der Waals surface area contributed by atoms with Crippen LogP contribution < -0.4 is 24.8 Å². The molecule has 0 aromatic heterocycles. The number of unbranched alkanes of at least 4 members (excludes halogenated alkanes) is 4. The summed E-state index contributed by atoms with van der Waals surface area (Å²) in [5, 5.41) is 0. The molecule has 0 nitrogen and oxygen atoms in total. The van der Waals surface area contributed by atoms with E-state index in [1.807, 2.05) is 0 Å². The van der Waals surface area contributed by atoms with Crippen molar-refractivity contribution in [3.05, 3.63) is 82.9 Å². The topological polar surface area (TPSA) is 0 Å². The molecule has 4 rings (SSSR count). The van der Waals surface area contributed by atoms with E-state index in [2.05, 4.69) is 86.7 Å². The normalized spacial score (nSPS) is 22.3. The Morgan fingerprint density at radius 1 is 0.613 bits per heavy atom. The van der Waals surface area contributed by atoms with Crippen LogP contribution in [0.15, 0.2) is 60.7 Å². The maximum atomic E-state index is 2.63. The molecule has 2 atom stereocenters. The average Bonchev–Trinajstić information content (AvgIpc) is 3.29. The first kappa shape index (κ1) is 26.6. The van der Waals surface area contributed by atoms with Crippen molar-refractivity contribution in [3.8, 4) is 0 Å². The first-order chi connectivity index (χ1) is 14.2. The quantitative estimate of drug-likeness (QED) is 0.411. The summed E-state index contributed by atoms with van der Waals surface area (Å²) < 4.78 is 0.673. The zero-order valence-electron chi connectivity index (χ0n) is 18.8. The first-order valence-electron chi connectivity index (χ1n) is 11.6. The van der Waals surface area contributed by atoms with E-state index in [1.54, 1.807) is 11.1 Å². The van der Waals surface area contributed by atoms with Gasteiger partial charge in [-0.1, -0.05) is 0 Å². The Balaban J connectivity index is 0.00000171. The fraction of sp³-hybridized carbons (Fsp3) is 0.429. The largest absolute Gasteiger partial charge is 1.00 e. The van der Waals surface area contributed by atoms with Gasteiger partial charge in [-0.3, -0.25) is 0 Å². The molecule has 0 spiro atoms. The summed E-state index contributed by atoms with van der Waals surface area (Å²) in [5.74, 6) is 0. The number of rotatable bonds is 10. The minimum Gasteiger partial charge on any atom is -1.00 e. The number of fused-ring (bicyclic) bond motifs is 2. The van der Waals surface area contributed by atoms with Gasteiger partial charge in [-0.05, 0) is 0 Å². The average molecular weight is 533 g/mol. The molecule has 0 heterocycles. The van der Waals surface area contributed by atoms with E-state index >= 15 is 0 Å². The molecule has 31 heavy (non-hydrogen) atoms. The number of benzene rings is 2. The third-order valence-corrected chi connectivity index (χ3v) is 12.3. The van der Waals surface area contributed by atoms with Gasteiger partial charge in [-0.25, -0.2) is 0 Å². The molecule has 2 aromatic rings. The van der Waals surface area contributed by atoms with Crippen LogP contribution in [0.1, 0.15) is 87.5 Å². The van der Waals surface area contributed by atoms with E-state index in [9.17, 15) is 0 Å². The summed E-state index contributed by atoms with van der Waals surface area (Å²) in [4.78, 5) is 0. The second kappa shape index (κ2) is 12.0. The van der Waals surface area contributed by atoms with Crippen LogP contribution in [0.25, 0.3) is 12.2 Å². The number of halogens is 2. The molecule has 0 N–H and O–H groups in total. The minimum atomic E-state index is -0.877. The summed E-state index contributed by atoms with van der Waals surface area (Å²) >= 11 is -0.877. The molecule has 0 bridgehead atoms. The van der Waals surface area contributed by atoms with Gasteiger partial charge in [0.1, 0.15) is 0 Å². The second-order valence-corrected chi connectivity index (χ2v) is 13.8. The molecule has 0 saturated heterocycles. The van der Waals surface area contributed by atoms with Gasteiger partial charge in [0.05, 0.1) is 0 Å². The van der Waals surface area contributed by atoms with Crippen LogP contribution in [0.3, 0.4) is 0 Å². The molecule has 2 aliphatic carbocycles. The summed E-state index contributed by atoms with van der Waals surface area (Å²) in [5.41, 5.74) is 6.22. The van der Waals surface area contributed by atoms with Crippen LogP contribution in [0, 0.1) is 0 Å². The fourth-order valence-electron chi connectivity index (χ4n) is 5.23. The molecule has 0 saturated carbocycles. The van der Waals surface area contributed by atoms with Crippen LogP contribution in [0.4, 0.5) is 0 Å². The van der Waals surface area contributed by atoms with Crippen molar-refractivity contribution in [2.75, 3.05) is 0 Å². The number of hydrogen-bond donors (Lipinski definition) is 0. The molecule has 164 valence electrons. The first-order valence-corrected chi connectivity index (χ1v) is 14.1. The zero-order chi connectivity index (χ0) is 20.2. The molecule has 2 aromatic carbocycles. The monoisotopic (exact) mass is 530 g/mol. The summed E-state index contributed by atoms with van der Waals surface area (Å²) in [7, 11) is 0. The maximum absolute atomic E-state index is 2.63. The molecule has 0 amide bonds. The van der Waals surface area contributed by atoms with Crippen LogP contribution in [-0.2, 0) is 29.5 Å². The van der Waals surface area contributed by atoms with Crippen molar-refractivity contribution in [3.63, 3.8) is 0 Å². The van der Waals surface area contributed by atoms with E-state index in [1.165, 1.54) is 62.5 Å². The molecule has 2 unspecified atom stereocenters. The Morgan fingerprint density at radius 2 is 1.03 bits per heavy atom. The maximum Gasteiger partial charge on any atom is -1.00 e. The van der Waals surface area contributed by atoms with Gasteiger partial charge in [0, 0.05) is 0 Å². The third kappa shape index (κ3) is 5.48. The molecular formula is C28H34Cl2Zr. The predicted molar refractivity (Wildman–Crippen MR) is 123 cm³/mol. The Labute approximate surface area is 213 Å². The van der Waals surface area contributed by atoms with E-state index in [-0.39, 0.29) is 24.8 Å². The third-order valence-electron chi connectivity index (χ3n) is 6.77. The van der Waals surface area contributed by atoms with E-state index < -0.39 is 23.2 Å². The summed E-state index contributed by atoms with van der Waals surface area (Å²) in [6.07, 6.45) is 20.8. The zero-order valence-corrected chi connectivity index (χ0v) is 22.8. The SMILES string of the molecule is CCCCC[C]1([Zr+2][C]2(CCCCC)C=Cc3ccccc32)C=Cc2ccccc21.[Cl-].[Cl-]. The smallest absolute Gasteiger partial charge is 1.00 e.